The molecule has 0 aromatic heterocycles. The summed E-state index contributed by atoms with van der Waals surface area (Å²) in [6.45, 7) is 6.32. The monoisotopic (exact) mass is 412 g/mol. The lowest BCUT2D eigenvalue weighted by Crippen LogP contribution is -2.51. The number of rotatable bonds is 6. The molecule has 2 rings (SSSR count). The van der Waals surface area contributed by atoms with Gasteiger partial charge >= 0.3 is 12.0 Å². The first-order valence-corrected chi connectivity index (χ1v) is 8.56. The number of hydrogen-bond donors (Lipinski definition) is 2. The van der Waals surface area contributed by atoms with E-state index in [9.17, 15) is 9.59 Å². The molecule has 0 saturated carbocycles. The van der Waals surface area contributed by atoms with Gasteiger partial charge in [-0.15, -0.1) is 0 Å². The van der Waals surface area contributed by atoms with Crippen LogP contribution in [0.3, 0.4) is 0 Å². The third kappa shape index (κ3) is 4.07. The minimum Gasteiger partial charge on any atom is -0.493 e. The fraction of sp³-hybridized carbons (Fsp3) is 0.412. The van der Waals surface area contributed by atoms with Gasteiger partial charge in [-0.25, -0.2) is 4.79 Å². The van der Waals surface area contributed by atoms with Gasteiger partial charge in [-0.3, -0.25) is 4.79 Å². The smallest absolute Gasteiger partial charge is 0.319 e. The summed E-state index contributed by atoms with van der Waals surface area (Å²) in [6.07, 6.45) is 0.853. The Kier molecular flexibility index (Phi) is 6.30. The molecule has 0 unspecified atom stereocenters. The van der Waals surface area contributed by atoms with E-state index >= 15 is 0 Å². The Hall–Kier alpha value is -2.22. The van der Waals surface area contributed by atoms with Gasteiger partial charge in [0.05, 0.1) is 31.3 Å². The molecule has 0 spiro atoms. The Morgan fingerprint density at radius 3 is 2.68 bits per heavy atom. The Balaban J connectivity index is 2.46. The van der Waals surface area contributed by atoms with Gasteiger partial charge in [-0.1, -0.05) is 13.5 Å². The summed E-state index contributed by atoms with van der Waals surface area (Å²) in [6, 6.07) is 2.44. The van der Waals surface area contributed by atoms with Gasteiger partial charge in [0.25, 0.3) is 0 Å². The zero-order chi connectivity index (χ0) is 18.6. The first kappa shape index (κ1) is 19.1. The molecule has 0 radical (unpaired) electrons. The second-order valence-corrected chi connectivity index (χ2v) is 6.34. The third-order valence-electron chi connectivity index (χ3n) is 3.79. The number of urea groups is 1. The van der Waals surface area contributed by atoms with E-state index in [-0.39, 0.29) is 5.70 Å². The highest BCUT2D eigenvalue weighted by molar-refractivity contribution is 9.10. The minimum absolute atomic E-state index is 0.280. The van der Waals surface area contributed by atoms with Crippen molar-refractivity contribution >= 4 is 27.9 Å². The number of hydrogen-bond acceptors (Lipinski definition) is 5. The van der Waals surface area contributed by atoms with E-state index in [1.54, 1.807) is 12.1 Å². The number of halogens is 1. The molecule has 1 heterocycles. The van der Waals surface area contributed by atoms with E-state index in [0.29, 0.717) is 28.1 Å². The van der Waals surface area contributed by atoms with Gasteiger partial charge in [0, 0.05) is 5.70 Å². The van der Waals surface area contributed by atoms with Gasteiger partial charge < -0.3 is 24.8 Å². The topological polar surface area (TPSA) is 85.9 Å². The van der Waals surface area contributed by atoms with Gasteiger partial charge in [0.1, 0.15) is 5.92 Å². The highest BCUT2D eigenvalue weighted by Gasteiger charge is 2.39. The van der Waals surface area contributed by atoms with E-state index in [1.165, 1.54) is 14.2 Å². The van der Waals surface area contributed by atoms with Crippen molar-refractivity contribution in [3.8, 4) is 11.5 Å². The van der Waals surface area contributed by atoms with Crippen LogP contribution in [0.15, 0.2) is 28.9 Å². The van der Waals surface area contributed by atoms with Crippen molar-refractivity contribution in [3.05, 3.63) is 34.4 Å². The van der Waals surface area contributed by atoms with Crippen LogP contribution in [-0.4, -0.2) is 32.8 Å². The molecule has 8 heteroatoms. The molecule has 2 atom stereocenters. The summed E-state index contributed by atoms with van der Waals surface area (Å²) in [5.41, 5.74) is 0.945. The van der Waals surface area contributed by atoms with Crippen LogP contribution in [-0.2, 0) is 9.53 Å². The molecular formula is C17H21BrN2O5. The van der Waals surface area contributed by atoms with Crippen LogP contribution in [0, 0.1) is 5.92 Å². The summed E-state index contributed by atoms with van der Waals surface area (Å²) < 4.78 is 16.6. The molecule has 0 aliphatic carbocycles. The number of nitrogens with one attached hydrogen (secondary N) is 2. The average molecular weight is 413 g/mol. The number of ether oxygens (including phenoxy) is 3. The van der Waals surface area contributed by atoms with E-state index in [4.69, 9.17) is 14.2 Å². The van der Waals surface area contributed by atoms with Crippen molar-refractivity contribution in [1.82, 2.24) is 10.6 Å². The van der Waals surface area contributed by atoms with Crippen LogP contribution < -0.4 is 20.1 Å². The highest BCUT2D eigenvalue weighted by atomic mass is 79.9. The zero-order valence-corrected chi connectivity index (χ0v) is 15.9. The first-order chi connectivity index (χ1) is 11.9. The van der Waals surface area contributed by atoms with Crippen LogP contribution in [0.4, 0.5) is 4.79 Å². The molecule has 1 saturated heterocycles. The van der Waals surface area contributed by atoms with E-state index in [2.05, 4.69) is 33.1 Å². The van der Waals surface area contributed by atoms with Crippen LogP contribution in [0.2, 0.25) is 0 Å². The molecule has 1 aromatic rings. The molecule has 1 aliphatic rings. The second kappa shape index (κ2) is 8.24. The Morgan fingerprint density at radius 2 is 2.08 bits per heavy atom. The fourth-order valence-electron chi connectivity index (χ4n) is 2.63. The lowest BCUT2D eigenvalue weighted by Gasteiger charge is -2.33. The molecule has 2 amide bonds. The van der Waals surface area contributed by atoms with Crippen LogP contribution in [0.5, 0.6) is 11.5 Å². The van der Waals surface area contributed by atoms with E-state index in [1.807, 2.05) is 6.92 Å². The summed E-state index contributed by atoms with van der Waals surface area (Å²) in [5.74, 6) is -0.188. The van der Waals surface area contributed by atoms with Crippen LogP contribution >= 0.6 is 15.9 Å². The molecule has 7 nitrogen and oxygen atoms in total. The maximum Gasteiger partial charge on any atom is 0.319 e. The minimum atomic E-state index is -0.762. The number of benzene rings is 1. The van der Waals surface area contributed by atoms with E-state index in [0.717, 1.165) is 6.42 Å². The summed E-state index contributed by atoms with van der Waals surface area (Å²) in [5, 5.41) is 5.25. The lowest BCUT2D eigenvalue weighted by molar-refractivity contribution is -0.145. The largest absolute Gasteiger partial charge is 0.493 e. The fourth-order valence-corrected chi connectivity index (χ4v) is 3.20. The summed E-state index contributed by atoms with van der Waals surface area (Å²) in [7, 11) is 2.82. The van der Waals surface area contributed by atoms with Gasteiger partial charge in [0.2, 0.25) is 0 Å². The molecule has 1 aliphatic heterocycles. The lowest BCUT2D eigenvalue weighted by atomic mass is 9.89. The number of amides is 2. The van der Waals surface area contributed by atoms with Crippen LogP contribution in [0.1, 0.15) is 24.9 Å². The molecule has 1 aromatic carbocycles. The van der Waals surface area contributed by atoms with Crippen molar-refractivity contribution in [2.75, 3.05) is 20.8 Å². The summed E-state index contributed by atoms with van der Waals surface area (Å²) >= 11 is 3.47. The van der Waals surface area contributed by atoms with Gasteiger partial charge in [0.15, 0.2) is 11.5 Å². The van der Waals surface area contributed by atoms with Crippen LogP contribution in [0.25, 0.3) is 0 Å². The number of esters is 1. The number of carbonyl (C=O) groups is 2. The Labute approximate surface area is 154 Å². The molecule has 1 fully saturated rings. The van der Waals surface area contributed by atoms with Crippen molar-refractivity contribution < 1.29 is 23.8 Å². The Morgan fingerprint density at radius 1 is 1.36 bits per heavy atom. The number of carbonyl (C=O) groups excluding carboxylic acids is 2. The standard InChI is InChI=1S/C17H21BrN2O5/c1-5-6-25-15-11(18)7-10(8-12(15)23-3)14-13(16(21)24-4)9(2)19-17(22)20-14/h7-8,13-14H,2,5-6H2,1,3-4H3,(H2,19,20,22)/t13-,14+/m0/s1. The number of methoxy groups -OCH3 is 2. The molecule has 25 heavy (non-hydrogen) atoms. The quantitative estimate of drug-likeness (QED) is 0.701. The van der Waals surface area contributed by atoms with E-state index < -0.39 is 24.0 Å². The third-order valence-corrected chi connectivity index (χ3v) is 4.38. The zero-order valence-electron chi connectivity index (χ0n) is 14.3. The van der Waals surface area contributed by atoms with Gasteiger partial charge in [-0.2, -0.15) is 0 Å². The van der Waals surface area contributed by atoms with Gasteiger partial charge in [-0.05, 0) is 40.0 Å². The maximum absolute atomic E-state index is 12.2. The highest BCUT2D eigenvalue weighted by Crippen LogP contribution is 2.41. The SMILES string of the molecule is C=C1NC(=O)N[C@H](c2cc(Br)c(OCCC)c(OC)c2)[C@H]1C(=O)OC. The van der Waals surface area contributed by atoms with Crippen molar-refractivity contribution in [3.63, 3.8) is 0 Å². The van der Waals surface area contributed by atoms with Crippen molar-refractivity contribution in [1.29, 1.82) is 0 Å². The normalized spacial score (nSPS) is 19.7. The molecule has 136 valence electrons. The summed E-state index contributed by atoms with van der Waals surface area (Å²) in [4.78, 5) is 24.0. The molecular weight excluding hydrogens is 392 g/mol. The molecule has 0 bridgehead atoms. The predicted molar refractivity (Wildman–Crippen MR) is 95.5 cm³/mol. The maximum atomic E-state index is 12.2. The Bertz CT molecular complexity index is 692. The van der Waals surface area contributed by atoms with Crippen molar-refractivity contribution in [2.45, 2.75) is 19.4 Å². The predicted octanol–water partition coefficient (Wildman–Crippen LogP) is 2.90. The first-order valence-electron chi connectivity index (χ1n) is 7.77. The van der Waals surface area contributed by atoms with Crippen molar-refractivity contribution in [2.24, 2.45) is 5.92 Å². The molecule has 2 N–H and O–H groups in total. The second-order valence-electron chi connectivity index (χ2n) is 5.48. The average Bonchev–Trinajstić information content (AvgIpc) is 2.58.